The summed E-state index contributed by atoms with van der Waals surface area (Å²) >= 11 is 0. The molecule has 1 saturated carbocycles. The van der Waals surface area contributed by atoms with Gasteiger partial charge in [-0.15, -0.1) is 0 Å². The smallest absolute Gasteiger partial charge is 0.303 e. The van der Waals surface area contributed by atoms with Crippen molar-refractivity contribution in [1.82, 2.24) is 5.32 Å². The van der Waals surface area contributed by atoms with Crippen molar-refractivity contribution in [2.75, 3.05) is 6.54 Å². The largest absolute Gasteiger partial charge is 0.481 e. The molecule has 1 fully saturated rings. The van der Waals surface area contributed by atoms with Gasteiger partial charge < -0.3 is 16.2 Å². The molecule has 0 bridgehead atoms. The van der Waals surface area contributed by atoms with Crippen molar-refractivity contribution in [3.05, 3.63) is 0 Å². The van der Waals surface area contributed by atoms with Crippen LogP contribution in [0, 0.1) is 5.92 Å². The maximum absolute atomic E-state index is 11.5. The maximum Gasteiger partial charge on any atom is 0.303 e. The number of carbonyl (C=O) groups is 2. The number of nitrogens with two attached hydrogens (primary N) is 1. The van der Waals surface area contributed by atoms with Crippen LogP contribution in [0.15, 0.2) is 0 Å². The summed E-state index contributed by atoms with van der Waals surface area (Å²) in [5.41, 5.74) is 5.58. The molecule has 1 amide bonds. The fourth-order valence-corrected chi connectivity index (χ4v) is 2.24. The molecule has 0 heterocycles. The topological polar surface area (TPSA) is 92.4 Å². The van der Waals surface area contributed by atoms with Crippen molar-refractivity contribution in [3.63, 3.8) is 0 Å². The summed E-state index contributed by atoms with van der Waals surface area (Å²) in [6.07, 6.45) is 6.29. The number of carboxylic acids is 1. The molecule has 1 aliphatic carbocycles. The van der Waals surface area contributed by atoms with E-state index in [2.05, 4.69) is 5.32 Å². The van der Waals surface area contributed by atoms with E-state index in [1.807, 2.05) is 0 Å². The average Bonchev–Trinajstić information content (AvgIpc) is 2.78. The zero-order valence-corrected chi connectivity index (χ0v) is 10.2. The highest BCUT2D eigenvalue weighted by molar-refractivity contribution is 5.82. The van der Waals surface area contributed by atoms with Crippen molar-refractivity contribution < 1.29 is 14.7 Å². The highest BCUT2D eigenvalue weighted by Gasteiger charge is 2.17. The second-order valence-corrected chi connectivity index (χ2v) is 4.77. The molecule has 0 aliphatic heterocycles. The molecule has 0 aromatic rings. The molecule has 0 saturated heterocycles. The van der Waals surface area contributed by atoms with Gasteiger partial charge in [-0.3, -0.25) is 9.59 Å². The first kappa shape index (κ1) is 14.0. The zero-order chi connectivity index (χ0) is 12.7. The highest BCUT2D eigenvalue weighted by Crippen LogP contribution is 2.26. The number of rotatable bonds is 7. The van der Waals surface area contributed by atoms with Crippen LogP contribution in [-0.4, -0.2) is 29.6 Å². The maximum atomic E-state index is 11.5. The van der Waals surface area contributed by atoms with Crippen LogP contribution >= 0.6 is 0 Å². The van der Waals surface area contributed by atoms with Crippen molar-refractivity contribution in [1.29, 1.82) is 0 Å². The fraction of sp³-hybridized carbons (Fsp3) is 0.833. The minimum absolute atomic E-state index is 0.0583. The summed E-state index contributed by atoms with van der Waals surface area (Å²) in [4.78, 5) is 21.8. The Morgan fingerprint density at radius 3 is 2.59 bits per heavy atom. The molecular formula is C12H22N2O3. The van der Waals surface area contributed by atoms with Crippen molar-refractivity contribution in [2.45, 2.75) is 51.0 Å². The average molecular weight is 242 g/mol. The lowest BCUT2D eigenvalue weighted by Crippen LogP contribution is -2.41. The van der Waals surface area contributed by atoms with Gasteiger partial charge in [0.25, 0.3) is 0 Å². The van der Waals surface area contributed by atoms with Crippen molar-refractivity contribution in [3.8, 4) is 0 Å². The van der Waals surface area contributed by atoms with E-state index in [1.54, 1.807) is 0 Å². The summed E-state index contributed by atoms with van der Waals surface area (Å²) in [7, 11) is 0. The van der Waals surface area contributed by atoms with Crippen LogP contribution < -0.4 is 11.1 Å². The van der Waals surface area contributed by atoms with Crippen LogP contribution in [0.2, 0.25) is 0 Å². The predicted octanol–water partition coefficient (Wildman–Crippen LogP) is 0.875. The molecule has 98 valence electrons. The Balaban J connectivity index is 2.08. The van der Waals surface area contributed by atoms with E-state index in [0.717, 1.165) is 12.3 Å². The van der Waals surface area contributed by atoms with E-state index in [4.69, 9.17) is 10.8 Å². The molecule has 5 nitrogen and oxygen atoms in total. The van der Waals surface area contributed by atoms with Crippen LogP contribution in [0.4, 0.5) is 0 Å². The molecule has 5 heteroatoms. The molecular weight excluding hydrogens is 220 g/mol. The van der Waals surface area contributed by atoms with Crippen LogP contribution in [0.1, 0.15) is 44.9 Å². The number of carboxylic acid groups (broad SMARTS) is 1. The minimum Gasteiger partial charge on any atom is -0.481 e. The second-order valence-electron chi connectivity index (χ2n) is 4.77. The summed E-state index contributed by atoms with van der Waals surface area (Å²) in [5.74, 6) is -0.408. The molecule has 1 unspecified atom stereocenters. The fourth-order valence-electron chi connectivity index (χ4n) is 2.24. The van der Waals surface area contributed by atoms with Gasteiger partial charge in [0.1, 0.15) is 0 Å². The normalized spacial score (nSPS) is 17.9. The van der Waals surface area contributed by atoms with Gasteiger partial charge in [-0.25, -0.2) is 0 Å². The Morgan fingerprint density at radius 1 is 1.35 bits per heavy atom. The number of hydrogen-bond donors (Lipinski definition) is 3. The summed E-state index contributed by atoms with van der Waals surface area (Å²) < 4.78 is 0. The van der Waals surface area contributed by atoms with Crippen LogP contribution in [0.25, 0.3) is 0 Å². The summed E-state index contributed by atoms with van der Waals surface area (Å²) in [6.45, 7) is 0.657. The van der Waals surface area contributed by atoms with Gasteiger partial charge in [0, 0.05) is 13.0 Å². The quantitative estimate of drug-likeness (QED) is 0.617. The van der Waals surface area contributed by atoms with Crippen LogP contribution in [0.3, 0.4) is 0 Å². The molecule has 4 N–H and O–H groups in total. The Bertz CT molecular complexity index is 262. The van der Waals surface area contributed by atoms with Gasteiger partial charge in [-0.05, 0) is 18.8 Å². The van der Waals surface area contributed by atoms with E-state index in [1.165, 1.54) is 25.7 Å². The first-order valence-corrected chi connectivity index (χ1v) is 6.34. The van der Waals surface area contributed by atoms with E-state index in [9.17, 15) is 9.59 Å². The van der Waals surface area contributed by atoms with Gasteiger partial charge in [0.15, 0.2) is 0 Å². The first-order chi connectivity index (χ1) is 8.09. The van der Waals surface area contributed by atoms with E-state index < -0.39 is 12.0 Å². The lowest BCUT2D eigenvalue weighted by atomic mass is 10.0. The molecule has 1 atom stereocenters. The number of nitrogens with one attached hydrogen (secondary N) is 1. The minimum atomic E-state index is -0.917. The van der Waals surface area contributed by atoms with Gasteiger partial charge in [-0.2, -0.15) is 0 Å². The Labute approximate surface area is 102 Å². The third-order valence-corrected chi connectivity index (χ3v) is 3.33. The number of hydrogen-bond acceptors (Lipinski definition) is 3. The Morgan fingerprint density at radius 2 is 2.00 bits per heavy atom. The first-order valence-electron chi connectivity index (χ1n) is 6.34. The van der Waals surface area contributed by atoms with Crippen molar-refractivity contribution >= 4 is 11.9 Å². The van der Waals surface area contributed by atoms with Gasteiger partial charge in [0.05, 0.1) is 6.04 Å². The third kappa shape index (κ3) is 5.68. The number of aliphatic carboxylic acids is 1. The Hall–Kier alpha value is -1.10. The SMILES string of the molecule is NC(CCC(=O)O)C(=O)NCCC1CCCC1. The predicted molar refractivity (Wildman–Crippen MR) is 64.4 cm³/mol. The monoisotopic (exact) mass is 242 g/mol. The van der Waals surface area contributed by atoms with Crippen LogP contribution in [0.5, 0.6) is 0 Å². The molecule has 0 aromatic heterocycles. The molecule has 0 spiro atoms. The standard InChI is InChI=1S/C12H22N2O3/c13-10(5-6-11(15)16)12(17)14-8-7-9-3-1-2-4-9/h9-10H,1-8,13H2,(H,14,17)(H,15,16). The van der Waals surface area contributed by atoms with E-state index in [-0.39, 0.29) is 18.7 Å². The lowest BCUT2D eigenvalue weighted by molar-refractivity contribution is -0.137. The highest BCUT2D eigenvalue weighted by atomic mass is 16.4. The van der Waals surface area contributed by atoms with Crippen LogP contribution in [-0.2, 0) is 9.59 Å². The molecule has 1 aliphatic rings. The van der Waals surface area contributed by atoms with Gasteiger partial charge >= 0.3 is 5.97 Å². The van der Waals surface area contributed by atoms with E-state index in [0.29, 0.717) is 6.54 Å². The summed E-state index contributed by atoms with van der Waals surface area (Å²) in [5, 5.41) is 11.3. The van der Waals surface area contributed by atoms with Gasteiger partial charge in [0.2, 0.25) is 5.91 Å². The zero-order valence-electron chi connectivity index (χ0n) is 10.2. The summed E-state index contributed by atoms with van der Waals surface area (Å²) in [6, 6.07) is -0.699. The number of amides is 1. The number of carbonyl (C=O) groups excluding carboxylic acids is 1. The molecule has 17 heavy (non-hydrogen) atoms. The van der Waals surface area contributed by atoms with Crippen molar-refractivity contribution in [2.24, 2.45) is 11.7 Å². The molecule has 0 radical (unpaired) electrons. The molecule has 0 aromatic carbocycles. The second kappa shape index (κ2) is 7.27. The Kier molecular flexibility index (Phi) is 5.97. The third-order valence-electron chi connectivity index (χ3n) is 3.33. The van der Waals surface area contributed by atoms with E-state index >= 15 is 0 Å². The van der Waals surface area contributed by atoms with Gasteiger partial charge in [-0.1, -0.05) is 25.7 Å². The lowest BCUT2D eigenvalue weighted by Gasteiger charge is -2.13. The molecule has 1 rings (SSSR count).